The van der Waals surface area contributed by atoms with Gasteiger partial charge in [0.1, 0.15) is 0 Å². The van der Waals surface area contributed by atoms with Crippen LogP contribution in [0.5, 0.6) is 0 Å². The van der Waals surface area contributed by atoms with Gasteiger partial charge in [-0.2, -0.15) is 0 Å². The zero-order valence-corrected chi connectivity index (χ0v) is 18.4. The van der Waals surface area contributed by atoms with E-state index in [1.54, 1.807) is 0 Å². The number of halogens is 1. The second-order valence-corrected chi connectivity index (χ2v) is 8.91. The Morgan fingerprint density at radius 3 is 2.17 bits per heavy atom. The van der Waals surface area contributed by atoms with Gasteiger partial charge in [0.05, 0.1) is 6.04 Å². The number of benzene rings is 3. The van der Waals surface area contributed by atoms with Crippen LogP contribution in [-0.4, -0.2) is 28.8 Å². The zero-order valence-electron chi connectivity index (χ0n) is 16.8. The van der Waals surface area contributed by atoms with Gasteiger partial charge < -0.3 is 4.90 Å². The predicted molar refractivity (Wildman–Crippen MR) is 125 cm³/mol. The fourth-order valence-corrected chi connectivity index (χ4v) is 5.63. The lowest BCUT2D eigenvalue weighted by Gasteiger charge is -2.50. The summed E-state index contributed by atoms with van der Waals surface area (Å²) in [6.45, 7) is 0.717. The summed E-state index contributed by atoms with van der Waals surface area (Å²) in [6, 6.07) is 29.9. The van der Waals surface area contributed by atoms with Crippen LogP contribution in [-0.2, 0) is 0 Å². The molecule has 152 valence electrons. The van der Waals surface area contributed by atoms with Gasteiger partial charge in [-0.15, -0.1) is 0 Å². The lowest BCUT2D eigenvalue weighted by molar-refractivity contribution is 0.141. The average Bonchev–Trinajstić information content (AvgIpc) is 2.80. The van der Waals surface area contributed by atoms with E-state index in [0.717, 1.165) is 30.4 Å². The molecule has 4 heteroatoms. The molecule has 30 heavy (non-hydrogen) atoms. The SMILES string of the molecule is O=C1N2CC(c3ccccc3)c3ccccc3C2CC(CCBr)N1c1ccccc1. The predicted octanol–water partition coefficient (Wildman–Crippen LogP) is 6.36. The molecule has 0 bridgehead atoms. The van der Waals surface area contributed by atoms with Crippen LogP contribution in [0.1, 0.15) is 41.5 Å². The minimum Gasteiger partial charge on any atom is -0.316 e. The molecule has 1 fully saturated rings. The quantitative estimate of drug-likeness (QED) is 0.415. The first-order chi connectivity index (χ1) is 14.8. The molecule has 3 aromatic rings. The summed E-state index contributed by atoms with van der Waals surface area (Å²) in [5.41, 5.74) is 4.92. The fourth-order valence-electron chi connectivity index (χ4n) is 5.10. The van der Waals surface area contributed by atoms with E-state index in [1.165, 1.54) is 16.7 Å². The third-order valence-electron chi connectivity index (χ3n) is 6.48. The summed E-state index contributed by atoms with van der Waals surface area (Å²) in [6.07, 6.45) is 1.89. The van der Waals surface area contributed by atoms with Crippen molar-refractivity contribution in [3.05, 3.63) is 102 Å². The van der Waals surface area contributed by atoms with Crippen LogP contribution in [0.25, 0.3) is 0 Å². The molecule has 3 unspecified atom stereocenters. The molecular weight excluding hydrogens is 436 g/mol. The number of rotatable bonds is 4. The van der Waals surface area contributed by atoms with Gasteiger partial charge in [-0.3, -0.25) is 4.90 Å². The molecule has 2 amide bonds. The van der Waals surface area contributed by atoms with Crippen molar-refractivity contribution < 1.29 is 4.79 Å². The highest BCUT2D eigenvalue weighted by molar-refractivity contribution is 9.09. The average molecular weight is 461 g/mol. The van der Waals surface area contributed by atoms with Crippen molar-refractivity contribution in [3.8, 4) is 0 Å². The normalized spacial score (nSPS) is 23.1. The number of hydrogen-bond donors (Lipinski definition) is 0. The van der Waals surface area contributed by atoms with E-state index in [9.17, 15) is 4.79 Å². The number of amides is 2. The maximum atomic E-state index is 13.9. The fraction of sp³-hybridized carbons (Fsp3) is 0.269. The molecule has 0 saturated carbocycles. The minimum atomic E-state index is 0.124. The number of carbonyl (C=O) groups excluding carboxylic acids is 1. The highest BCUT2D eigenvalue weighted by atomic mass is 79.9. The van der Waals surface area contributed by atoms with Crippen LogP contribution in [0.3, 0.4) is 0 Å². The maximum Gasteiger partial charge on any atom is 0.325 e. The van der Waals surface area contributed by atoms with Crippen LogP contribution in [0.2, 0.25) is 0 Å². The van der Waals surface area contributed by atoms with Gasteiger partial charge in [0, 0.05) is 29.5 Å². The van der Waals surface area contributed by atoms with E-state index < -0.39 is 0 Å². The second-order valence-electron chi connectivity index (χ2n) is 8.12. The van der Waals surface area contributed by atoms with Crippen molar-refractivity contribution in [1.82, 2.24) is 4.90 Å². The molecule has 2 aliphatic rings. The molecular formula is C26H25BrN2O. The molecule has 3 nitrogen and oxygen atoms in total. The van der Waals surface area contributed by atoms with Crippen LogP contribution < -0.4 is 4.90 Å². The summed E-state index contributed by atoms with van der Waals surface area (Å²) in [7, 11) is 0. The van der Waals surface area contributed by atoms with Crippen molar-refractivity contribution in [2.24, 2.45) is 0 Å². The van der Waals surface area contributed by atoms with Gasteiger partial charge >= 0.3 is 6.03 Å². The number of alkyl halides is 1. The smallest absolute Gasteiger partial charge is 0.316 e. The van der Waals surface area contributed by atoms with Gasteiger partial charge in [0.2, 0.25) is 0 Å². The summed E-state index contributed by atoms with van der Waals surface area (Å²) in [5.74, 6) is 0.202. The van der Waals surface area contributed by atoms with E-state index in [2.05, 4.69) is 75.4 Å². The van der Waals surface area contributed by atoms with Crippen LogP contribution in [0, 0.1) is 0 Å². The van der Waals surface area contributed by atoms with Crippen molar-refractivity contribution in [1.29, 1.82) is 0 Å². The number of nitrogens with zero attached hydrogens (tertiary/aromatic N) is 2. The number of anilines is 1. The molecule has 0 radical (unpaired) electrons. The van der Waals surface area contributed by atoms with E-state index in [-0.39, 0.29) is 24.0 Å². The van der Waals surface area contributed by atoms with Crippen molar-refractivity contribution in [3.63, 3.8) is 0 Å². The lowest BCUT2D eigenvalue weighted by Crippen LogP contribution is -2.58. The van der Waals surface area contributed by atoms with Gasteiger partial charge in [-0.25, -0.2) is 4.79 Å². The third-order valence-corrected chi connectivity index (χ3v) is 6.93. The Morgan fingerprint density at radius 2 is 1.47 bits per heavy atom. The number of hydrogen-bond acceptors (Lipinski definition) is 1. The maximum absolute atomic E-state index is 13.9. The Labute approximate surface area is 186 Å². The number of carbonyl (C=O) groups is 1. The molecule has 5 rings (SSSR count). The topological polar surface area (TPSA) is 23.6 Å². The molecule has 2 heterocycles. The summed E-state index contributed by atoms with van der Waals surface area (Å²) >= 11 is 3.61. The number of urea groups is 1. The Bertz CT molecular complexity index is 1020. The Kier molecular flexibility index (Phi) is 5.34. The van der Waals surface area contributed by atoms with Crippen molar-refractivity contribution in [2.45, 2.75) is 30.8 Å². The van der Waals surface area contributed by atoms with Gasteiger partial charge in [0.25, 0.3) is 0 Å². The molecule has 0 N–H and O–H groups in total. The molecule has 0 spiro atoms. The van der Waals surface area contributed by atoms with Gasteiger partial charge in [-0.1, -0.05) is 88.7 Å². The van der Waals surface area contributed by atoms with Crippen LogP contribution in [0.15, 0.2) is 84.9 Å². The summed E-state index contributed by atoms with van der Waals surface area (Å²) in [5, 5.41) is 0.884. The second kappa shape index (κ2) is 8.27. The van der Waals surface area contributed by atoms with E-state index in [4.69, 9.17) is 0 Å². The lowest BCUT2D eigenvalue weighted by atomic mass is 9.78. The van der Waals surface area contributed by atoms with E-state index >= 15 is 0 Å². The third kappa shape index (κ3) is 3.33. The monoisotopic (exact) mass is 460 g/mol. The molecule has 0 aliphatic carbocycles. The molecule has 3 aromatic carbocycles. The Balaban J connectivity index is 1.59. The van der Waals surface area contributed by atoms with Crippen LogP contribution >= 0.6 is 15.9 Å². The largest absolute Gasteiger partial charge is 0.325 e. The molecule has 3 atom stereocenters. The Hall–Kier alpha value is -2.59. The Morgan fingerprint density at radius 1 is 0.833 bits per heavy atom. The van der Waals surface area contributed by atoms with Crippen molar-refractivity contribution in [2.75, 3.05) is 16.8 Å². The highest BCUT2D eigenvalue weighted by Crippen LogP contribution is 2.45. The zero-order chi connectivity index (χ0) is 20.5. The molecule has 2 aliphatic heterocycles. The summed E-state index contributed by atoms with van der Waals surface area (Å²) in [4.78, 5) is 18.0. The van der Waals surface area contributed by atoms with Crippen molar-refractivity contribution >= 4 is 27.6 Å². The van der Waals surface area contributed by atoms with E-state index in [0.29, 0.717) is 0 Å². The first kappa shape index (κ1) is 19.4. The number of fused-ring (bicyclic) bond motifs is 3. The molecule has 1 saturated heterocycles. The first-order valence-electron chi connectivity index (χ1n) is 10.6. The summed E-state index contributed by atoms with van der Waals surface area (Å²) < 4.78 is 0. The first-order valence-corrected chi connectivity index (χ1v) is 11.7. The standard InChI is InChI=1S/C26H25BrN2O/c27-16-15-21-17-25-23-14-8-7-13-22(23)24(19-9-3-1-4-10-19)18-28(25)26(30)29(21)20-11-5-2-6-12-20/h1-14,21,24-25H,15-18H2. The van der Waals surface area contributed by atoms with Gasteiger partial charge in [-0.05, 0) is 41.7 Å². The molecule has 0 aromatic heterocycles. The van der Waals surface area contributed by atoms with Crippen LogP contribution in [0.4, 0.5) is 10.5 Å². The minimum absolute atomic E-state index is 0.124. The number of para-hydroxylation sites is 1. The van der Waals surface area contributed by atoms with Gasteiger partial charge in [0.15, 0.2) is 0 Å². The van der Waals surface area contributed by atoms with E-state index in [1.807, 2.05) is 35.2 Å². The highest BCUT2D eigenvalue weighted by Gasteiger charge is 2.45.